The first-order chi connectivity index (χ1) is 17.5. The Balaban J connectivity index is 1.60. The third-order valence-electron chi connectivity index (χ3n) is 5.51. The van der Waals surface area contributed by atoms with Gasteiger partial charge in [-0.15, -0.1) is 0 Å². The van der Waals surface area contributed by atoms with Gasteiger partial charge >= 0.3 is 18.0 Å². The molecule has 1 unspecified atom stereocenters. The van der Waals surface area contributed by atoms with Crippen molar-refractivity contribution in [2.75, 3.05) is 6.61 Å². The third-order valence-corrected chi connectivity index (χ3v) is 5.51. The predicted octanol–water partition coefficient (Wildman–Crippen LogP) is 4.68. The Morgan fingerprint density at radius 3 is 2.28 bits per heavy atom. The molecule has 184 valence electrons. The number of amides is 2. The largest absolute Gasteiger partial charge is 0.490 e. The van der Waals surface area contributed by atoms with Gasteiger partial charge in [-0.2, -0.15) is 0 Å². The Hall–Kier alpha value is -4.59. The zero-order chi connectivity index (χ0) is 25.5. The zero-order valence-electron chi connectivity index (χ0n) is 19.9. The number of nitrogens with one attached hydrogen (secondary N) is 2. The van der Waals surface area contributed by atoms with Crippen molar-refractivity contribution in [1.29, 1.82) is 0 Å². The summed E-state index contributed by atoms with van der Waals surface area (Å²) < 4.78 is 16.8. The van der Waals surface area contributed by atoms with Crippen LogP contribution in [-0.4, -0.2) is 24.6 Å². The van der Waals surface area contributed by atoms with E-state index in [0.717, 1.165) is 5.56 Å². The number of benzene rings is 3. The van der Waals surface area contributed by atoms with Gasteiger partial charge in [-0.05, 0) is 49.2 Å². The average molecular weight is 487 g/mol. The second-order valence-corrected chi connectivity index (χ2v) is 8.03. The second kappa shape index (κ2) is 11.2. The SMILES string of the molecule is CCOc1cc(C2NC(=O)NC(C)=C2C(=O)OCc2ccccc2)ccc1OC(=O)c1ccccc1. The molecule has 8 nitrogen and oxygen atoms in total. The fourth-order valence-corrected chi connectivity index (χ4v) is 3.81. The first kappa shape index (κ1) is 24.5. The van der Waals surface area contributed by atoms with Crippen LogP contribution in [-0.2, 0) is 16.1 Å². The fraction of sp³-hybridized carbons (Fsp3) is 0.179. The molecule has 4 rings (SSSR count). The van der Waals surface area contributed by atoms with Crippen LogP contribution in [0.25, 0.3) is 0 Å². The van der Waals surface area contributed by atoms with E-state index < -0.39 is 24.0 Å². The summed E-state index contributed by atoms with van der Waals surface area (Å²) in [5.41, 5.74) is 2.47. The van der Waals surface area contributed by atoms with Gasteiger partial charge in [-0.25, -0.2) is 14.4 Å². The summed E-state index contributed by atoms with van der Waals surface area (Å²) in [5, 5.41) is 5.41. The van der Waals surface area contributed by atoms with Crippen LogP contribution in [0.4, 0.5) is 4.79 Å². The van der Waals surface area contributed by atoms with Crippen molar-refractivity contribution in [3.05, 3.63) is 107 Å². The summed E-state index contributed by atoms with van der Waals surface area (Å²) in [4.78, 5) is 37.9. The Bertz CT molecular complexity index is 1290. The van der Waals surface area contributed by atoms with Crippen molar-refractivity contribution in [3.63, 3.8) is 0 Å². The highest BCUT2D eigenvalue weighted by Gasteiger charge is 2.33. The molecule has 3 aromatic carbocycles. The lowest BCUT2D eigenvalue weighted by molar-refractivity contribution is -0.140. The molecule has 1 atom stereocenters. The number of urea groups is 1. The number of carbonyl (C=O) groups excluding carboxylic acids is 3. The minimum Gasteiger partial charge on any atom is -0.490 e. The van der Waals surface area contributed by atoms with Gasteiger partial charge in [-0.1, -0.05) is 54.6 Å². The molecule has 36 heavy (non-hydrogen) atoms. The standard InChI is InChI=1S/C28H26N2O6/c1-3-34-23-16-21(14-15-22(23)36-26(31)20-12-8-5-9-13-20)25-24(18(2)29-28(33)30-25)27(32)35-17-19-10-6-4-7-11-19/h4-16,25H,3,17H2,1-2H3,(H2,29,30,33). The van der Waals surface area contributed by atoms with E-state index >= 15 is 0 Å². The number of carbonyl (C=O) groups is 3. The molecular formula is C28H26N2O6. The molecule has 1 aliphatic rings. The molecule has 2 amide bonds. The first-order valence-electron chi connectivity index (χ1n) is 11.5. The molecule has 0 fully saturated rings. The highest BCUT2D eigenvalue weighted by atomic mass is 16.6. The summed E-state index contributed by atoms with van der Waals surface area (Å²) in [6, 6.07) is 21.6. The van der Waals surface area contributed by atoms with Crippen molar-refractivity contribution in [1.82, 2.24) is 10.6 Å². The molecule has 1 aliphatic heterocycles. The fourth-order valence-electron chi connectivity index (χ4n) is 3.81. The monoisotopic (exact) mass is 486 g/mol. The van der Waals surface area contributed by atoms with Gasteiger partial charge in [0.05, 0.1) is 23.8 Å². The molecule has 2 N–H and O–H groups in total. The van der Waals surface area contributed by atoms with E-state index in [9.17, 15) is 14.4 Å². The van der Waals surface area contributed by atoms with Crippen LogP contribution in [0.2, 0.25) is 0 Å². The van der Waals surface area contributed by atoms with E-state index in [-0.39, 0.29) is 17.9 Å². The normalized spacial score (nSPS) is 14.9. The number of ether oxygens (including phenoxy) is 3. The quantitative estimate of drug-likeness (QED) is 0.354. The average Bonchev–Trinajstić information content (AvgIpc) is 2.89. The second-order valence-electron chi connectivity index (χ2n) is 8.03. The highest BCUT2D eigenvalue weighted by molar-refractivity contribution is 5.95. The van der Waals surface area contributed by atoms with Gasteiger partial charge in [-0.3, -0.25) is 0 Å². The maximum absolute atomic E-state index is 13.1. The molecule has 0 bridgehead atoms. The van der Waals surface area contributed by atoms with Crippen molar-refractivity contribution in [3.8, 4) is 11.5 Å². The smallest absolute Gasteiger partial charge is 0.343 e. The molecular weight excluding hydrogens is 460 g/mol. The lowest BCUT2D eigenvalue weighted by Crippen LogP contribution is -2.45. The van der Waals surface area contributed by atoms with Crippen LogP contribution in [0.5, 0.6) is 11.5 Å². The molecule has 0 saturated heterocycles. The van der Waals surface area contributed by atoms with Crippen LogP contribution < -0.4 is 20.1 Å². The molecule has 0 saturated carbocycles. The Morgan fingerprint density at radius 2 is 1.58 bits per heavy atom. The highest BCUT2D eigenvalue weighted by Crippen LogP contribution is 2.35. The Labute approximate surface area is 208 Å². The van der Waals surface area contributed by atoms with Gasteiger partial charge in [0.25, 0.3) is 0 Å². The first-order valence-corrected chi connectivity index (χ1v) is 11.5. The van der Waals surface area contributed by atoms with Gasteiger partial charge in [0.1, 0.15) is 6.61 Å². The Kier molecular flexibility index (Phi) is 7.65. The molecule has 3 aromatic rings. The molecule has 0 radical (unpaired) electrons. The van der Waals surface area contributed by atoms with Crippen LogP contribution in [0.15, 0.2) is 90.1 Å². The zero-order valence-corrected chi connectivity index (χ0v) is 19.9. The molecule has 1 heterocycles. The number of allylic oxidation sites excluding steroid dienone is 1. The van der Waals surface area contributed by atoms with E-state index in [4.69, 9.17) is 14.2 Å². The molecule has 0 aliphatic carbocycles. The summed E-state index contributed by atoms with van der Waals surface area (Å²) >= 11 is 0. The summed E-state index contributed by atoms with van der Waals surface area (Å²) in [6.45, 7) is 3.86. The third kappa shape index (κ3) is 5.72. The van der Waals surface area contributed by atoms with Crippen LogP contribution in [0.3, 0.4) is 0 Å². The lowest BCUT2D eigenvalue weighted by atomic mass is 9.95. The number of esters is 2. The maximum atomic E-state index is 13.1. The number of rotatable bonds is 8. The van der Waals surface area contributed by atoms with Crippen LogP contribution >= 0.6 is 0 Å². The lowest BCUT2D eigenvalue weighted by Gasteiger charge is -2.28. The summed E-state index contributed by atoms with van der Waals surface area (Å²) in [7, 11) is 0. The van der Waals surface area contributed by atoms with Crippen LogP contribution in [0, 0.1) is 0 Å². The van der Waals surface area contributed by atoms with E-state index in [2.05, 4.69) is 10.6 Å². The molecule has 0 spiro atoms. The summed E-state index contributed by atoms with van der Waals surface area (Å²) in [6.07, 6.45) is 0. The predicted molar refractivity (Wildman–Crippen MR) is 132 cm³/mol. The van der Waals surface area contributed by atoms with E-state index in [0.29, 0.717) is 29.2 Å². The topological polar surface area (TPSA) is 103 Å². The maximum Gasteiger partial charge on any atom is 0.343 e. The Morgan fingerprint density at radius 1 is 0.889 bits per heavy atom. The van der Waals surface area contributed by atoms with Crippen molar-refractivity contribution < 1.29 is 28.6 Å². The summed E-state index contributed by atoms with van der Waals surface area (Å²) in [5.74, 6) is -0.558. The van der Waals surface area contributed by atoms with E-state index in [1.165, 1.54) is 0 Å². The minimum atomic E-state index is -0.792. The van der Waals surface area contributed by atoms with Gasteiger partial charge < -0.3 is 24.8 Å². The molecule has 8 heteroatoms. The van der Waals surface area contributed by atoms with Crippen LogP contribution in [0.1, 0.15) is 41.4 Å². The van der Waals surface area contributed by atoms with E-state index in [1.807, 2.05) is 36.4 Å². The van der Waals surface area contributed by atoms with Gasteiger partial charge in [0.15, 0.2) is 11.5 Å². The van der Waals surface area contributed by atoms with Gasteiger partial charge in [0.2, 0.25) is 0 Å². The van der Waals surface area contributed by atoms with Crippen molar-refractivity contribution >= 4 is 18.0 Å². The van der Waals surface area contributed by atoms with E-state index in [1.54, 1.807) is 56.3 Å². The number of hydrogen-bond acceptors (Lipinski definition) is 6. The number of hydrogen-bond donors (Lipinski definition) is 2. The van der Waals surface area contributed by atoms with Crippen molar-refractivity contribution in [2.24, 2.45) is 0 Å². The van der Waals surface area contributed by atoms with Gasteiger partial charge in [0, 0.05) is 5.70 Å². The minimum absolute atomic E-state index is 0.0929. The van der Waals surface area contributed by atoms with Crippen molar-refractivity contribution in [2.45, 2.75) is 26.5 Å². The molecule has 0 aromatic heterocycles.